The highest BCUT2D eigenvalue weighted by atomic mass is 35.5. The summed E-state index contributed by atoms with van der Waals surface area (Å²) >= 11 is 5.53. The van der Waals surface area contributed by atoms with E-state index in [-0.39, 0.29) is 0 Å². The van der Waals surface area contributed by atoms with Crippen LogP contribution in [0.1, 0.15) is 0 Å². The van der Waals surface area contributed by atoms with Gasteiger partial charge in [0.2, 0.25) is 0 Å². The first-order valence-corrected chi connectivity index (χ1v) is 5.78. The SMILES string of the molecule is C[P+](C)(C)CCl. The summed E-state index contributed by atoms with van der Waals surface area (Å²) in [5.74, 6) is 0. The summed E-state index contributed by atoms with van der Waals surface area (Å²) in [5.41, 5.74) is 0.854. The van der Waals surface area contributed by atoms with Crippen LogP contribution in [-0.2, 0) is 0 Å². The molecule has 0 N–H and O–H groups in total. The Labute approximate surface area is 45.2 Å². The zero-order valence-corrected chi connectivity index (χ0v) is 6.18. The second-order valence-corrected chi connectivity index (χ2v) is 7.95. The van der Waals surface area contributed by atoms with E-state index in [1.165, 1.54) is 0 Å². The van der Waals surface area contributed by atoms with Gasteiger partial charge >= 0.3 is 0 Å². The number of hydrogen-bond acceptors (Lipinski definition) is 0. The number of alkyl halides is 1. The summed E-state index contributed by atoms with van der Waals surface area (Å²) in [4.78, 5) is 0. The highest BCUT2D eigenvalue weighted by molar-refractivity contribution is 7.75. The Morgan fingerprint density at radius 1 is 1.33 bits per heavy atom. The zero-order valence-electron chi connectivity index (χ0n) is 4.53. The van der Waals surface area contributed by atoms with Crippen LogP contribution in [0.3, 0.4) is 0 Å². The van der Waals surface area contributed by atoms with Crippen molar-refractivity contribution in [2.24, 2.45) is 0 Å². The molecule has 0 aromatic rings. The molecule has 0 radical (unpaired) electrons. The standard InChI is InChI=1S/C4H11ClP/c1-6(2,3)4-5/h4H2,1-3H3/q+1. The van der Waals surface area contributed by atoms with Crippen LogP contribution >= 0.6 is 18.9 Å². The fourth-order valence-electron chi connectivity index (χ4n) is 0. The van der Waals surface area contributed by atoms with Gasteiger partial charge in [0.25, 0.3) is 0 Å². The van der Waals surface area contributed by atoms with Crippen LogP contribution in [0.2, 0.25) is 0 Å². The highest BCUT2D eigenvalue weighted by Gasteiger charge is 2.12. The Balaban J connectivity index is 3.17. The van der Waals surface area contributed by atoms with Gasteiger partial charge in [-0.05, 0) is 0 Å². The van der Waals surface area contributed by atoms with Gasteiger partial charge in [-0.1, -0.05) is 11.6 Å². The predicted molar refractivity (Wildman–Crippen MR) is 35.4 cm³/mol. The van der Waals surface area contributed by atoms with E-state index in [0.717, 1.165) is 5.62 Å². The summed E-state index contributed by atoms with van der Waals surface area (Å²) in [6.45, 7) is 6.67. The predicted octanol–water partition coefficient (Wildman–Crippen LogP) is 2.09. The Bertz CT molecular complexity index is 37.3. The van der Waals surface area contributed by atoms with E-state index in [9.17, 15) is 0 Å². The maximum Gasteiger partial charge on any atom is 0.131 e. The third-order valence-electron chi connectivity index (χ3n) is 0.359. The van der Waals surface area contributed by atoms with Crippen LogP contribution in [0.25, 0.3) is 0 Å². The molecule has 38 valence electrons. The van der Waals surface area contributed by atoms with Crippen molar-refractivity contribution < 1.29 is 0 Å². The minimum Gasteiger partial charge on any atom is -0.0821 e. The van der Waals surface area contributed by atoms with Crippen LogP contribution in [0.4, 0.5) is 0 Å². The van der Waals surface area contributed by atoms with Gasteiger partial charge in [-0.15, -0.1) is 0 Å². The Hall–Kier alpha value is 0.720. The van der Waals surface area contributed by atoms with Gasteiger partial charge in [0.15, 0.2) is 0 Å². The summed E-state index contributed by atoms with van der Waals surface area (Å²) in [5, 5.41) is 0. The molecule has 0 aliphatic carbocycles. The van der Waals surface area contributed by atoms with Crippen molar-refractivity contribution in [3.63, 3.8) is 0 Å². The van der Waals surface area contributed by atoms with Crippen molar-refractivity contribution in [1.29, 1.82) is 0 Å². The molecule has 0 aliphatic rings. The molecular weight excluding hydrogens is 114 g/mol. The smallest absolute Gasteiger partial charge is 0.0821 e. The highest BCUT2D eigenvalue weighted by Crippen LogP contribution is 2.46. The zero-order chi connectivity index (χ0) is 5.21. The van der Waals surface area contributed by atoms with Crippen LogP contribution in [0.5, 0.6) is 0 Å². The van der Waals surface area contributed by atoms with Crippen molar-refractivity contribution in [1.82, 2.24) is 0 Å². The number of rotatable bonds is 1. The lowest BCUT2D eigenvalue weighted by Gasteiger charge is -2.03. The third kappa shape index (κ3) is 4.72. The largest absolute Gasteiger partial charge is 0.131 e. The van der Waals surface area contributed by atoms with E-state index in [2.05, 4.69) is 20.0 Å². The molecule has 0 unspecified atom stereocenters. The fourth-order valence-corrected chi connectivity index (χ4v) is 0. The monoisotopic (exact) mass is 125 g/mol. The molecule has 0 bridgehead atoms. The molecule has 0 saturated carbocycles. The molecule has 6 heavy (non-hydrogen) atoms. The third-order valence-corrected chi connectivity index (χ3v) is 3.23. The lowest BCUT2D eigenvalue weighted by atomic mass is 11.8. The quantitative estimate of drug-likeness (QED) is 0.372. The lowest BCUT2D eigenvalue weighted by molar-refractivity contribution is 1.88. The van der Waals surface area contributed by atoms with Crippen LogP contribution in [0, 0.1) is 0 Å². The van der Waals surface area contributed by atoms with Crippen LogP contribution in [0.15, 0.2) is 0 Å². The van der Waals surface area contributed by atoms with Crippen molar-refractivity contribution in [2.75, 3.05) is 25.6 Å². The molecule has 0 spiro atoms. The van der Waals surface area contributed by atoms with Crippen molar-refractivity contribution in [3.05, 3.63) is 0 Å². The second-order valence-electron chi connectivity index (χ2n) is 2.41. The fraction of sp³-hybridized carbons (Fsp3) is 1.00. The van der Waals surface area contributed by atoms with Gasteiger partial charge in [0, 0.05) is 27.3 Å². The van der Waals surface area contributed by atoms with Gasteiger partial charge in [-0.2, -0.15) is 0 Å². The average Bonchev–Trinajstić information content (AvgIpc) is 1.35. The molecule has 0 atom stereocenters. The average molecular weight is 126 g/mol. The van der Waals surface area contributed by atoms with E-state index in [1.807, 2.05) is 0 Å². The van der Waals surface area contributed by atoms with Crippen molar-refractivity contribution >= 4 is 18.9 Å². The molecule has 0 nitrogen and oxygen atoms in total. The topological polar surface area (TPSA) is 0 Å². The first kappa shape index (κ1) is 6.72. The maximum absolute atomic E-state index is 5.53. The molecule has 2 heteroatoms. The van der Waals surface area contributed by atoms with Gasteiger partial charge in [-0.3, -0.25) is 0 Å². The lowest BCUT2D eigenvalue weighted by Crippen LogP contribution is -1.82. The van der Waals surface area contributed by atoms with E-state index in [0.29, 0.717) is 0 Å². The van der Waals surface area contributed by atoms with Gasteiger partial charge < -0.3 is 0 Å². The minimum absolute atomic E-state index is 0.631. The molecule has 0 fully saturated rings. The van der Waals surface area contributed by atoms with E-state index in [1.54, 1.807) is 0 Å². The Morgan fingerprint density at radius 2 is 1.50 bits per heavy atom. The minimum atomic E-state index is -0.631. The normalized spacial score (nSPS) is 12.0. The summed E-state index contributed by atoms with van der Waals surface area (Å²) in [6.07, 6.45) is 0. The Morgan fingerprint density at radius 3 is 1.50 bits per heavy atom. The van der Waals surface area contributed by atoms with Gasteiger partial charge in [0.05, 0.1) is 0 Å². The van der Waals surface area contributed by atoms with Crippen molar-refractivity contribution in [2.45, 2.75) is 0 Å². The Kier molecular flexibility index (Phi) is 2.39. The first-order chi connectivity index (χ1) is 2.56. The maximum atomic E-state index is 5.53. The second kappa shape index (κ2) is 2.14. The van der Waals surface area contributed by atoms with Gasteiger partial charge in [-0.25, -0.2) is 0 Å². The number of halogens is 1. The summed E-state index contributed by atoms with van der Waals surface area (Å²) in [6, 6.07) is 0. The molecule has 0 aromatic heterocycles. The summed E-state index contributed by atoms with van der Waals surface area (Å²) < 4.78 is 0. The summed E-state index contributed by atoms with van der Waals surface area (Å²) in [7, 11) is -0.631. The van der Waals surface area contributed by atoms with E-state index < -0.39 is 7.26 Å². The van der Waals surface area contributed by atoms with Crippen LogP contribution in [-0.4, -0.2) is 25.6 Å². The molecule has 0 aromatic carbocycles. The molecule has 0 heterocycles. The molecule has 0 amide bonds. The van der Waals surface area contributed by atoms with E-state index in [4.69, 9.17) is 11.6 Å². The van der Waals surface area contributed by atoms with Crippen LogP contribution < -0.4 is 0 Å². The molecule has 0 saturated heterocycles. The molecule has 0 rings (SSSR count). The van der Waals surface area contributed by atoms with E-state index >= 15 is 0 Å². The molecule has 0 aliphatic heterocycles. The molecular formula is C4H11ClP+. The first-order valence-electron chi connectivity index (χ1n) is 1.93. The number of hydrogen-bond donors (Lipinski definition) is 0. The van der Waals surface area contributed by atoms with Crippen molar-refractivity contribution in [3.8, 4) is 0 Å². The van der Waals surface area contributed by atoms with Gasteiger partial charge in [0.1, 0.15) is 5.62 Å².